The topological polar surface area (TPSA) is 252 Å². The van der Waals surface area contributed by atoms with Crippen LogP contribution >= 0.6 is 0 Å². The summed E-state index contributed by atoms with van der Waals surface area (Å²) in [5.74, 6) is -11.1. The lowest BCUT2D eigenvalue weighted by atomic mass is 9.75. The molecule has 24 heteroatoms. The average molecular weight is 2010 g/mol. The molecule has 141 heavy (non-hydrogen) atoms. The minimum Gasteiger partial charge on any atom is -0.493 e. The summed E-state index contributed by atoms with van der Waals surface area (Å²) >= 11 is 0. The van der Waals surface area contributed by atoms with Crippen LogP contribution in [0.5, 0.6) is 69.0 Å². The highest BCUT2D eigenvalue weighted by atomic mass is 16.5. The van der Waals surface area contributed by atoms with Crippen molar-refractivity contribution in [2.24, 2.45) is 69.4 Å². The van der Waals surface area contributed by atoms with Crippen LogP contribution in [0, 0.1) is 69.4 Å². The van der Waals surface area contributed by atoms with Crippen molar-refractivity contribution in [1.82, 2.24) is 29.4 Å². The summed E-state index contributed by atoms with van der Waals surface area (Å²) < 4.78 is 512. The third kappa shape index (κ3) is 26.9. The van der Waals surface area contributed by atoms with Crippen molar-refractivity contribution in [1.29, 1.82) is 0 Å². The first-order valence-corrected chi connectivity index (χ1v) is 47.5. The number of hydrogen-bond acceptors (Lipinski definition) is 24. The Morgan fingerprint density at radius 3 is 0.589 bits per heavy atom. The predicted octanol–water partition coefficient (Wildman–Crippen LogP) is 19.3. The van der Waals surface area contributed by atoms with Gasteiger partial charge in [0.1, 0.15) is 0 Å². The zero-order chi connectivity index (χ0) is 149. The third-order valence-electron chi connectivity index (χ3n) is 26.6. The van der Waals surface area contributed by atoms with Crippen LogP contribution < -0.4 is 56.8 Å². The van der Waals surface area contributed by atoms with Crippen molar-refractivity contribution in [2.75, 3.05) is 164 Å². The number of rotatable bonds is 21. The molecule has 12 aliphatic heterocycles. The van der Waals surface area contributed by atoms with Crippen molar-refractivity contribution in [3.63, 3.8) is 0 Å². The molecule has 6 fully saturated rings. The van der Waals surface area contributed by atoms with Gasteiger partial charge >= 0.3 is 0 Å². The monoisotopic (exact) mass is 2010 g/mol. The summed E-state index contributed by atoms with van der Waals surface area (Å²) in [6.07, 6.45) is -42.4. The van der Waals surface area contributed by atoms with Gasteiger partial charge in [0.15, 0.2) is 69.0 Å². The molecule has 6 N–H and O–H groups in total. The molecule has 0 aromatic heterocycles. The van der Waals surface area contributed by atoms with E-state index in [0.29, 0.717) is 152 Å². The Labute approximate surface area is 922 Å². The number of fused-ring (bicyclic) bond motifs is 18. The minimum atomic E-state index is -3.69. The predicted molar refractivity (Wildman–Crippen MR) is 561 cm³/mol. The normalized spacial score (nSPS) is 42.5. The number of aliphatic hydroxyl groups is 6. The maximum Gasteiger partial charge on any atom is 0.161 e. The fourth-order valence-electron chi connectivity index (χ4n) is 20.2. The zero-order valence-electron chi connectivity index (χ0n) is 138. The van der Waals surface area contributed by atoms with Gasteiger partial charge in [-0.05, 0) is 324 Å². The average Bonchev–Trinajstić information content (AvgIpc) is 0.667. The van der Waals surface area contributed by atoms with E-state index in [1.807, 2.05) is 63.5 Å². The molecule has 0 amide bonds. The number of ether oxygens (including phenoxy) is 12. The lowest BCUT2D eigenvalue weighted by Gasteiger charge is -2.47. The van der Waals surface area contributed by atoms with E-state index in [0.717, 1.165) is 16.7 Å². The van der Waals surface area contributed by atoms with Crippen LogP contribution in [0.2, 0.25) is 0 Å². The molecule has 0 bridgehead atoms. The van der Waals surface area contributed by atoms with Gasteiger partial charge in [0.2, 0.25) is 0 Å². The molecular weight excluding hydrogens is 1780 g/mol. The molecule has 786 valence electrons. The summed E-state index contributed by atoms with van der Waals surface area (Å²) in [6.45, 7) is -8.07. The Morgan fingerprint density at radius 2 is 0.433 bits per heavy atom. The molecule has 24 nitrogen and oxygen atoms in total. The first-order chi connectivity index (χ1) is 87.9. The standard InChI is InChI=1S/3C20H31NO3.3C19H29NO3/c3*1-20(2,3)11-14-12-21-7-6-13-8-18(23-4)19(24-5)9-15(13)16(21)10-17(14)22;3*1-12(2)7-14-11-20-6-5-13-8-18(22-3)19(23-4)9-15(13)16(20)10-17(14)21/h3*8-9,14,16-17,22H,6-7,10-12H2,1-5H3;3*8-9,12,14,16-17,21H,5-7,10-11H2,1-4H3/i1D3,2D3,5D3,10D2,11D2,14D,17D;2*1D3,2D3,10D2,11D2,14D,17D;4D3,10D2,14D,17D;2*10D2,14D,17D. The quantitative estimate of drug-likeness (QED) is 0.0392. The second-order valence-corrected chi connectivity index (χ2v) is 38.7. The SMILES string of the molecule is [2H]C([2H])([2H])C(C)(C([2H])([2H])[2H])C([2H])([2H])C1([2H])CN2CCc3cc(OC)c(OC)cc3C2C([2H])([2H])C1([2H])O.[2H]C([2H])([2H])C(C)(C([2H])([2H])[2H])C([2H])([2H])C1([2H])CN2CCc3cc(OC)c(OC)cc3C2C([2H])([2H])C1([2H])O.[2H]C([2H])([2H])Oc1cc2c(cc1OC)CCN1CC([2H])(C([2H])([2H])C(C)(C([2H])([2H])[2H])C([2H])([2H])[2H])C([2H])(O)C([2H])([2H])C21.[2H]C([2H])([2H])Oc1cc2c(cc1OC)CCN1CC([2H])(CC(C)C)C([2H])(O)C([2H])([2H])C21.[2H]C1(CC(C)C)CN2CCc3cc(OC)c(OC)cc3C2C([2H])([2H])C1([2H])O.[2H]C1(CC(C)C)CN2CCc3cc(OC)c(OC)cc3C2C([2H])([2H])C1([2H])O. The van der Waals surface area contributed by atoms with Gasteiger partial charge in [0.05, 0.1) is 138 Å². The summed E-state index contributed by atoms with van der Waals surface area (Å²) in [4.78, 5) is 9.57. The van der Waals surface area contributed by atoms with Gasteiger partial charge in [0.25, 0.3) is 0 Å². The molecular formula is C117H180N6O18. The van der Waals surface area contributed by atoms with Crippen LogP contribution in [-0.4, -0.2) is 260 Å². The van der Waals surface area contributed by atoms with Crippen molar-refractivity contribution < 1.29 is 162 Å². The van der Waals surface area contributed by atoms with Crippen LogP contribution in [0.1, 0.15) is 357 Å². The highest BCUT2D eigenvalue weighted by Gasteiger charge is 2.47. The van der Waals surface area contributed by atoms with E-state index in [-0.39, 0.29) is 123 Å². The van der Waals surface area contributed by atoms with Crippen molar-refractivity contribution in [2.45, 2.75) is 291 Å². The maximum absolute atomic E-state index is 11.4. The van der Waals surface area contributed by atoms with Gasteiger partial charge in [-0.15, -0.1) is 0 Å². The Morgan fingerprint density at radius 1 is 0.277 bits per heavy atom. The van der Waals surface area contributed by atoms with Crippen LogP contribution in [0.4, 0.5) is 0 Å². The molecule has 18 atom stereocenters. The first kappa shape index (κ1) is 58.8. The van der Waals surface area contributed by atoms with Crippen molar-refractivity contribution >= 4 is 0 Å². The molecule has 12 heterocycles. The molecule has 12 aliphatic rings. The highest BCUT2D eigenvalue weighted by molar-refractivity contribution is 5.55. The first-order valence-electron chi connectivity index (χ1n) is 74.5. The lowest BCUT2D eigenvalue weighted by Crippen LogP contribution is -2.48. The van der Waals surface area contributed by atoms with E-state index in [9.17, 15) is 30.6 Å². The van der Waals surface area contributed by atoms with Gasteiger partial charge < -0.3 is 87.5 Å². The molecule has 18 rings (SSSR count). The van der Waals surface area contributed by atoms with Crippen LogP contribution in [0.15, 0.2) is 72.8 Å². The fourth-order valence-corrected chi connectivity index (χ4v) is 20.2. The molecule has 6 saturated heterocycles. The summed E-state index contributed by atoms with van der Waals surface area (Å²) in [7, 11) is 8.85. The Hall–Kier alpha value is -7.56. The minimum absolute atomic E-state index is 0.00681. The van der Waals surface area contributed by atoms with Crippen LogP contribution in [-0.2, 0) is 38.5 Å². The third-order valence-corrected chi connectivity index (χ3v) is 26.6. The van der Waals surface area contributed by atoms with E-state index >= 15 is 0 Å². The van der Waals surface area contributed by atoms with Crippen LogP contribution in [0.3, 0.4) is 0 Å². The van der Waals surface area contributed by atoms with Gasteiger partial charge in [0, 0.05) is 172 Å². The number of benzene rings is 6. The maximum atomic E-state index is 11.4. The van der Waals surface area contributed by atoms with Gasteiger partial charge in [-0.25, -0.2) is 0 Å². The number of hydrogen-bond donors (Lipinski definition) is 6. The lowest BCUT2D eigenvalue weighted by molar-refractivity contribution is -0.0259. The van der Waals surface area contributed by atoms with E-state index in [1.54, 1.807) is 49.5 Å². The smallest absolute Gasteiger partial charge is 0.161 e. The number of methoxy groups -OCH3 is 12. The molecule has 18 unspecified atom stereocenters. The second-order valence-electron chi connectivity index (χ2n) is 38.7. The van der Waals surface area contributed by atoms with E-state index < -0.39 is 257 Å². The number of piperidine rings is 6. The van der Waals surface area contributed by atoms with Gasteiger partial charge in [-0.3, -0.25) is 29.4 Å². The number of nitrogens with zero attached hydrogens (tertiary/aromatic N) is 6. The second kappa shape index (κ2) is 48.4. The summed E-state index contributed by atoms with van der Waals surface area (Å²) in [5.41, 5.74) is -2.76. The summed E-state index contributed by atoms with van der Waals surface area (Å²) in [6, 6.07) is 12.3. The van der Waals surface area contributed by atoms with E-state index in [1.165, 1.54) is 102 Å². The van der Waals surface area contributed by atoms with Crippen molar-refractivity contribution in [3.8, 4) is 69.0 Å². The van der Waals surface area contributed by atoms with E-state index in [4.69, 9.17) is 131 Å². The van der Waals surface area contributed by atoms with Crippen molar-refractivity contribution in [3.05, 3.63) is 140 Å². The van der Waals surface area contributed by atoms with Gasteiger partial charge in [-0.2, -0.15) is 0 Å². The molecule has 0 radical (unpaired) electrons. The summed E-state index contributed by atoms with van der Waals surface area (Å²) in [5, 5.41) is 67.1. The van der Waals surface area contributed by atoms with Gasteiger partial charge in [-0.1, -0.05) is 103 Å². The molecule has 0 aliphatic carbocycles. The fraction of sp³-hybridized carbons (Fsp3) is 0.692. The Balaban J connectivity index is 0.000000189. The van der Waals surface area contributed by atoms with E-state index in [2.05, 4.69) is 0 Å². The molecule has 6 aromatic rings. The largest absolute Gasteiger partial charge is 0.493 e. The Kier molecular flexibility index (Phi) is 20.2. The molecule has 0 spiro atoms. The molecule has 6 aromatic carbocycles. The highest BCUT2D eigenvalue weighted by Crippen LogP contribution is 2.53. The van der Waals surface area contributed by atoms with Crippen LogP contribution in [0.25, 0.3) is 0 Å². The Bertz CT molecular complexity index is 7340. The zero-order valence-corrected chi connectivity index (χ0v) is 84.2. The molecule has 0 saturated carbocycles.